The summed E-state index contributed by atoms with van der Waals surface area (Å²) >= 11 is 0. The number of carbonyl (C=O) groups excluding carboxylic acids is 1. The second-order valence-corrected chi connectivity index (χ2v) is 7.00. The first-order valence-electron chi connectivity index (χ1n) is 7.58. The molecule has 4 aliphatic rings. The van der Waals surface area contributed by atoms with Crippen LogP contribution in [0.1, 0.15) is 51.4 Å². The van der Waals surface area contributed by atoms with Gasteiger partial charge in [0.05, 0.1) is 0 Å². The molecular weight excluding hydrogens is 210 g/mol. The Morgan fingerprint density at radius 3 is 2.35 bits per heavy atom. The molecule has 0 N–H and O–H groups in total. The summed E-state index contributed by atoms with van der Waals surface area (Å²) in [5.74, 6) is 2.56. The average molecular weight is 233 g/mol. The van der Waals surface area contributed by atoms with Gasteiger partial charge < -0.3 is 4.90 Å². The number of piperidine rings is 1. The standard InChI is InChI=1S/C15H23NO/c17-14(13-11-4-1-2-5-12(11)13)16-9-3-6-15(10-16)7-8-15/h11-13H,1-10H2. The first kappa shape index (κ1) is 10.4. The zero-order chi connectivity index (χ0) is 11.5. The van der Waals surface area contributed by atoms with Crippen molar-refractivity contribution in [3.63, 3.8) is 0 Å². The largest absolute Gasteiger partial charge is 0.342 e. The molecule has 1 saturated heterocycles. The molecule has 0 radical (unpaired) electrons. The number of rotatable bonds is 1. The highest BCUT2D eigenvalue weighted by atomic mass is 16.2. The second kappa shape index (κ2) is 3.49. The molecule has 1 aliphatic heterocycles. The topological polar surface area (TPSA) is 20.3 Å². The van der Waals surface area contributed by atoms with E-state index in [9.17, 15) is 4.79 Å². The maximum atomic E-state index is 12.6. The lowest BCUT2D eigenvalue weighted by molar-refractivity contribution is -0.135. The lowest BCUT2D eigenvalue weighted by Gasteiger charge is -2.33. The number of likely N-dealkylation sites (tertiary alicyclic amines) is 1. The summed E-state index contributed by atoms with van der Waals surface area (Å²) in [5, 5.41) is 0. The predicted molar refractivity (Wildman–Crippen MR) is 66.4 cm³/mol. The summed E-state index contributed by atoms with van der Waals surface area (Å²) in [6.07, 6.45) is 10.8. The molecule has 17 heavy (non-hydrogen) atoms. The van der Waals surface area contributed by atoms with Crippen molar-refractivity contribution in [2.75, 3.05) is 13.1 Å². The van der Waals surface area contributed by atoms with Gasteiger partial charge in [0.15, 0.2) is 0 Å². The van der Waals surface area contributed by atoms with Crippen LogP contribution in [0, 0.1) is 23.2 Å². The van der Waals surface area contributed by atoms with Gasteiger partial charge in [-0.15, -0.1) is 0 Å². The van der Waals surface area contributed by atoms with Crippen molar-refractivity contribution in [1.29, 1.82) is 0 Å². The smallest absolute Gasteiger partial charge is 0.226 e. The van der Waals surface area contributed by atoms with E-state index in [2.05, 4.69) is 4.90 Å². The van der Waals surface area contributed by atoms with E-state index >= 15 is 0 Å². The fraction of sp³-hybridized carbons (Fsp3) is 0.933. The van der Waals surface area contributed by atoms with Gasteiger partial charge in [-0.1, -0.05) is 12.8 Å². The van der Waals surface area contributed by atoms with Crippen LogP contribution in [-0.4, -0.2) is 23.9 Å². The third-order valence-corrected chi connectivity index (χ3v) is 5.87. The minimum Gasteiger partial charge on any atom is -0.342 e. The number of hydrogen-bond acceptors (Lipinski definition) is 1. The normalized spacial score (nSPS) is 42.1. The maximum absolute atomic E-state index is 12.6. The van der Waals surface area contributed by atoms with Crippen molar-refractivity contribution >= 4 is 5.91 Å². The van der Waals surface area contributed by atoms with E-state index in [0.717, 1.165) is 24.9 Å². The Morgan fingerprint density at radius 2 is 1.71 bits per heavy atom. The number of hydrogen-bond donors (Lipinski definition) is 0. The summed E-state index contributed by atoms with van der Waals surface area (Å²) < 4.78 is 0. The van der Waals surface area contributed by atoms with Crippen LogP contribution in [0.5, 0.6) is 0 Å². The Kier molecular flexibility index (Phi) is 2.13. The molecule has 1 spiro atoms. The molecule has 1 heterocycles. The molecular formula is C15H23NO. The van der Waals surface area contributed by atoms with Gasteiger partial charge >= 0.3 is 0 Å². The fourth-order valence-electron chi connectivity index (χ4n) is 4.55. The molecule has 0 bridgehead atoms. The number of carbonyl (C=O) groups is 1. The van der Waals surface area contributed by atoms with Crippen molar-refractivity contribution in [2.24, 2.45) is 23.2 Å². The van der Waals surface area contributed by atoms with Crippen molar-refractivity contribution < 1.29 is 4.79 Å². The van der Waals surface area contributed by atoms with Gasteiger partial charge in [0.25, 0.3) is 0 Å². The lowest BCUT2D eigenvalue weighted by atomic mass is 9.94. The minimum absolute atomic E-state index is 0.450. The van der Waals surface area contributed by atoms with Gasteiger partial charge in [-0.2, -0.15) is 0 Å². The van der Waals surface area contributed by atoms with Crippen LogP contribution in [0.4, 0.5) is 0 Å². The molecule has 2 unspecified atom stereocenters. The molecule has 94 valence electrons. The highest BCUT2D eigenvalue weighted by Gasteiger charge is 2.57. The predicted octanol–water partition coefficient (Wildman–Crippen LogP) is 2.83. The summed E-state index contributed by atoms with van der Waals surface area (Å²) in [7, 11) is 0. The van der Waals surface area contributed by atoms with Crippen molar-refractivity contribution in [3.05, 3.63) is 0 Å². The Hall–Kier alpha value is -0.530. The van der Waals surface area contributed by atoms with Crippen LogP contribution in [0.2, 0.25) is 0 Å². The van der Waals surface area contributed by atoms with Crippen molar-refractivity contribution in [1.82, 2.24) is 4.90 Å². The summed E-state index contributed by atoms with van der Waals surface area (Å²) in [6.45, 7) is 2.15. The Labute approximate surface area is 104 Å². The monoisotopic (exact) mass is 233 g/mol. The van der Waals surface area contributed by atoms with E-state index in [1.165, 1.54) is 51.4 Å². The maximum Gasteiger partial charge on any atom is 0.226 e. The van der Waals surface area contributed by atoms with Crippen LogP contribution in [-0.2, 0) is 4.79 Å². The van der Waals surface area contributed by atoms with Gasteiger partial charge in [0.2, 0.25) is 5.91 Å². The molecule has 0 aromatic rings. The van der Waals surface area contributed by atoms with Gasteiger partial charge in [-0.05, 0) is 55.8 Å². The molecule has 3 aliphatic carbocycles. The van der Waals surface area contributed by atoms with E-state index < -0.39 is 0 Å². The third-order valence-electron chi connectivity index (χ3n) is 5.87. The summed E-state index contributed by atoms with van der Waals surface area (Å²) in [6, 6.07) is 0. The van der Waals surface area contributed by atoms with Crippen molar-refractivity contribution in [2.45, 2.75) is 51.4 Å². The Morgan fingerprint density at radius 1 is 1.00 bits per heavy atom. The zero-order valence-corrected chi connectivity index (χ0v) is 10.7. The quantitative estimate of drug-likeness (QED) is 0.682. The molecule has 1 amide bonds. The molecule has 4 fully saturated rings. The molecule has 2 atom stereocenters. The van der Waals surface area contributed by atoms with E-state index in [1.54, 1.807) is 0 Å². The van der Waals surface area contributed by atoms with Gasteiger partial charge in [-0.3, -0.25) is 4.79 Å². The van der Waals surface area contributed by atoms with Gasteiger partial charge in [-0.25, -0.2) is 0 Å². The summed E-state index contributed by atoms with van der Waals surface area (Å²) in [5.41, 5.74) is 0.591. The molecule has 4 rings (SSSR count). The number of amides is 1. The van der Waals surface area contributed by atoms with E-state index in [1.807, 2.05) is 0 Å². The zero-order valence-electron chi connectivity index (χ0n) is 10.7. The van der Waals surface area contributed by atoms with Crippen LogP contribution in [0.25, 0.3) is 0 Å². The van der Waals surface area contributed by atoms with Crippen LogP contribution in [0.3, 0.4) is 0 Å². The average Bonchev–Trinajstić information content (AvgIpc) is 3.25. The fourth-order valence-corrected chi connectivity index (χ4v) is 4.55. The lowest BCUT2D eigenvalue weighted by Crippen LogP contribution is -2.42. The second-order valence-electron chi connectivity index (χ2n) is 7.00. The van der Waals surface area contributed by atoms with Crippen LogP contribution >= 0.6 is 0 Å². The molecule has 0 aromatic heterocycles. The van der Waals surface area contributed by atoms with E-state index in [4.69, 9.17) is 0 Å². The molecule has 0 aromatic carbocycles. The van der Waals surface area contributed by atoms with Crippen LogP contribution in [0.15, 0.2) is 0 Å². The molecule has 2 nitrogen and oxygen atoms in total. The Balaban J connectivity index is 1.43. The minimum atomic E-state index is 0.450. The molecule has 3 saturated carbocycles. The SMILES string of the molecule is O=C(C1C2CCCCC21)N1CCCC2(CC2)C1. The van der Waals surface area contributed by atoms with E-state index in [0.29, 0.717) is 17.2 Å². The van der Waals surface area contributed by atoms with E-state index in [-0.39, 0.29) is 0 Å². The molecule has 2 heteroatoms. The van der Waals surface area contributed by atoms with Crippen molar-refractivity contribution in [3.8, 4) is 0 Å². The number of fused-ring (bicyclic) bond motifs is 1. The first-order valence-corrected chi connectivity index (χ1v) is 7.58. The third kappa shape index (κ3) is 1.63. The van der Waals surface area contributed by atoms with Crippen LogP contribution < -0.4 is 0 Å². The van der Waals surface area contributed by atoms with Gasteiger partial charge in [0.1, 0.15) is 0 Å². The first-order chi connectivity index (χ1) is 8.29. The van der Waals surface area contributed by atoms with Gasteiger partial charge in [0, 0.05) is 19.0 Å². The number of nitrogens with zero attached hydrogens (tertiary/aromatic N) is 1. The highest BCUT2D eigenvalue weighted by Crippen LogP contribution is 2.57. The highest BCUT2D eigenvalue weighted by molar-refractivity contribution is 5.82. The Bertz CT molecular complexity index is 335. The summed E-state index contributed by atoms with van der Waals surface area (Å²) in [4.78, 5) is 14.8.